The third kappa shape index (κ3) is 31.0. The lowest BCUT2D eigenvalue weighted by atomic mass is 10.0. The molecule has 8 N–H and O–H groups in total. The van der Waals surface area contributed by atoms with Gasteiger partial charge in [-0.3, -0.25) is 23.2 Å². The van der Waals surface area contributed by atoms with E-state index in [0.717, 1.165) is 81.4 Å². The molecule has 0 radical (unpaired) electrons. The average Bonchev–Trinajstić information content (AvgIpc) is 3.63. The highest BCUT2D eigenvalue weighted by Crippen LogP contribution is 2.60. The van der Waals surface area contributed by atoms with Gasteiger partial charge < -0.3 is 50.2 Å². The van der Waals surface area contributed by atoms with Crippen LogP contribution in [0.25, 0.3) is 0 Å². The third-order valence-corrected chi connectivity index (χ3v) is 13.8. The molecule has 1 saturated heterocycles. The standard InChI is InChI=1S/C52H83N3O17P2/c1-3-5-7-9-11-12-13-14-15-16-17-18-19-20-21-22-23-27-31-35-47(58)67-39-42(70-48(59)36-32-28-24-26-30-34-44(57)43(56)33-29-25-10-8-6-4-2)40-68-73(63,64)72-74(65,66)69-41-45-49(60)50(61)51(71-45)55-38-37-46(53)54-52(55)62/h5,7,11-12,14-15,17-18,20-21,23,25,27,29,37-38,42-45,49-51,56-57,60-61H,3-4,6,8-10,13,16,19,22,24,26,28,30-36,39-41H2,1-2H3,(H,63,64)(H,65,66)(H2,53,54,62)/b7-5-,12-11-,15-14-,18-17-,21-20-,27-23-,29-25-/t42-,43+,44+,45-,49-,50-,51-/m1/s1. The van der Waals surface area contributed by atoms with E-state index in [1.165, 1.54) is 6.07 Å². The largest absolute Gasteiger partial charge is 0.481 e. The lowest BCUT2D eigenvalue weighted by Gasteiger charge is -2.21. The van der Waals surface area contributed by atoms with Gasteiger partial charge in [0.15, 0.2) is 12.3 Å². The van der Waals surface area contributed by atoms with E-state index in [-0.39, 0.29) is 18.7 Å². The molecule has 1 aliphatic heterocycles. The Hall–Kier alpha value is -4.14. The number of hydrogen-bond donors (Lipinski definition) is 7. The smallest absolute Gasteiger partial charge is 0.462 e. The van der Waals surface area contributed by atoms with Crippen molar-refractivity contribution in [1.29, 1.82) is 0 Å². The summed E-state index contributed by atoms with van der Waals surface area (Å²) in [5.41, 5.74) is 4.56. The molecule has 0 amide bonds. The van der Waals surface area contributed by atoms with Crippen LogP contribution in [0.4, 0.5) is 5.82 Å². The molecular formula is C52H83N3O17P2. The zero-order chi connectivity index (χ0) is 54.5. The fraction of sp³-hybridized carbons (Fsp3) is 0.615. The van der Waals surface area contributed by atoms with E-state index in [4.69, 9.17) is 29.0 Å². The third-order valence-electron chi connectivity index (χ3n) is 11.2. The summed E-state index contributed by atoms with van der Waals surface area (Å²) >= 11 is 0. The minimum Gasteiger partial charge on any atom is -0.462 e. The Balaban J connectivity index is 1.86. The van der Waals surface area contributed by atoms with Gasteiger partial charge in [0, 0.05) is 19.0 Å². The fourth-order valence-electron chi connectivity index (χ4n) is 7.07. The zero-order valence-corrected chi connectivity index (χ0v) is 44.9. The summed E-state index contributed by atoms with van der Waals surface area (Å²) in [6.07, 6.45) is 34.0. The Labute approximate surface area is 436 Å². The first kappa shape index (κ1) is 66.0. The second-order valence-corrected chi connectivity index (χ2v) is 20.6. The van der Waals surface area contributed by atoms with E-state index in [1.807, 2.05) is 36.5 Å². The Morgan fingerprint density at radius 3 is 1.92 bits per heavy atom. The summed E-state index contributed by atoms with van der Waals surface area (Å²) in [5.74, 6) is -1.53. The first-order valence-electron chi connectivity index (χ1n) is 25.8. The molecule has 0 saturated carbocycles. The summed E-state index contributed by atoms with van der Waals surface area (Å²) in [4.78, 5) is 61.9. The number of allylic oxidation sites excluding steroid dienone is 13. The molecular weight excluding hydrogens is 1000 g/mol. The fourth-order valence-corrected chi connectivity index (χ4v) is 9.18. The normalized spacial score (nSPS) is 20.4. The molecule has 1 aromatic heterocycles. The summed E-state index contributed by atoms with van der Waals surface area (Å²) in [6, 6.07) is 1.23. The first-order valence-corrected chi connectivity index (χ1v) is 28.8. The topological polar surface area (TPSA) is 306 Å². The Morgan fingerprint density at radius 2 is 1.30 bits per heavy atom. The molecule has 2 rings (SSSR count). The Morgan fingerprint density at radius 1 is 0.716 bits per heavy atom. The number of rotatable bonds is 41. The second kappa shape index (κ2) is 39.3. The average molecular weight is 1080 g/mol. The van der Waals surface area contributed by atoms with Gasteiger partial charge in [-0.05, 0) is 83.1 Å². The number of anilines is 1. The van der Waals surface area contributed by atoms with Crippen molar-refractivity contribution in [2.75, 3.05) is 25.6 Å². The highest BCUT2D eigenvalue weighted by Gasteiger charge is 2.46. The van der Waals surface area contributed by atoms with Crippen molar-refractivity contribution in [3.8, 4) is 0 Å². The number of nitrogens with two attached hydrogens (primary N) is 1. The summed E-state index contributed by atoms with van der Waals surface area (Å²) in [7, 11) is -11.0. The van der Waals surface area contributed by atoms with Crippen LogP contribution in [-0.2, 0) is 46.3 Å². The predicted molar refractivity (Wildman–Crippen MR) is 282 cm³/mol. The van der Waals surface area contributed by atoms with Gasteiger partial charge in [0.1, 0.15) is 30.7 Å². The van der Waals surface area contributed by atoms with Crippen molar-refractivity contribution in [1.82, 2.24) is 9.55 Å². The number of esters is 2. The van der Waals surface area contributed by atoms with Crippen LogP contribution in [0.5, 0.6) is 0 Å². The van der Waals surface area contributed by atoms with Gasteiger partial charge in [-0.25, -0.2) is 13.9 Å². The van der Waals surface area contributed by atoms with E-state index in [9.17, 15) is 53.7 Å². The number of phosphoric ester groups is 2. The molecule has 0 aliphatic carbocycles. The molecule has 0 spiro atoms. The number of carbonyl (C=O) groups is 2. The number of ether oxygens (including phenoxy) is 3. The van der Waals surface area contributed by atoms with Crippen molar-refractivity contribution in [3.05, 3.63) is 108 Å². The van der Waals surface area contributed by atoms with Gasteiger partial charge in [-0.15, -0.1) is 0 Å². The minimum atomic E-state index is -5.48. The van der Waals surface area contributed by atoms with E-state index in [2.05, 4.69) is 71.8 Å². The van der Waals surface area contributed by atoms with Crippen LogP contribution in [0, 0.1) is 0 Å². The molecule has 1 aliphatic rings. The summed E-state index contributed by atoms with van der Waals surface area (Å²) in [5, 5.41) is 41.5. The van der Waals surface area contributed by atoms with Crippen molar-refractivity contribution in [3.63, 3.8) is 0 Å². The molecule has 418 valence electrons. The SMILES string of the molecule is CC/C=C\C/C=C\C/C=C\C/C=C\C/C=C\C/C=C\CCC(=O)OC[C@H](COP(=O)(O)OP(=O)(O)OC[C@H]1O[C@@H](n2ccc(N)nc2=O)[C@H](O)[C@@H]1O)OC(=O)CCCCCCC[C@H](O)[C@@H](O)C/C=C\CCCCC. The maximum absolute atomic E-state index is 12.9. The number of aliphatic hydroxyl groups excluding tert-OH is 4. The van der Waals surface area contributed by atoms with Gasteiger partial charge in [0.25, 0.3) is 0 Å². The van der Waals surface area contributed by atoms with Gasteiger partial charge in [0.05, 0.1) is 25.4 Å². The Bertz CT molecular complexity index is 2110. The molecule has 2 heterocycles. The van der Waals surface area contributed by atoms with Gasteiger partial charge in [-0.1, -0.05) is 137 Å². The highest BCUT2D eigenvalue weighted by molar-refractivity contribution is 7.61. The van der Waals surface area contributed by atoms with E-state index < -0.39 is 95.9 Å². The minimum absolute atomic E-state index is 0.0344. The van der Waals surface area contributed by atoms with E-state index in [0.29, 0.717) is 44.9 Å². The highest BCUT2D eigenvalue weighted by atomic mass is 31.3. The number of phosphoric acid groups is 2. The monoisotopic (exact) mass is 1080 g/mol. The van der Waals surface area contributed by atoms with Gasteiger partial charge in [-0.2, -0.15) is 9.29 Å². The molecule has 0 bridgehead atoms. The maximum Gasteiger partial charge on any atom is 0.481 e. The molecule has 0 aromatic carbocycles. The lowest BCUT2D eigenvalue weighted by molar-refractivity contribution is -0.161. The molecule has 1 fully saturated rings. The zero-order valence-electron chi connectivity index (χ0n) is 43.1. The predicted octanol–water partition coefficient (Wildman–Crippen LogP) is 8.61. The quantitative estimate of drug-likeness (QED) is 0.0140. The van der Waals surface area contributed by atoms with Crippen LogP contribution in [-0.4, -0.2) is 108 Å². The lowest BCUT2D eigenvalue weighted by Crippen LogP contribution is -2.36. The van der Waals surface area contributed by atoms with Crippen molar-refractivity contribution >= 4 is 33.4 Å². The molecule has 74 heavy (non-hydrogen) atoms. The maximum atomic E-state index is 12.9. The number of carbonyl (C=O) groups excluding carboxylic acids is 2. The van der Waals surface area contributed by atoms with Crippen LogP contribution in [0.1, 0.15) is 148 Å². The molecule has 22 heteroatoms. The van der Waals surface area contributed by atoms with Crippen molar-refractivity contribution < 1.29 is 76.5 Å². The molecule has 20 nitrogen and oxygen atoms in total. The molecule has 9 atom stereocenters. The molecule has 2 unspecified atom stereocenters. The van der Waals surface area contributed by atoms with Crippen LogP contribution >= 0.6 is 15.6 Å². The van der Waals surface area contributed by atoms with Crippen LogP contribution in [0.15, 0.2) is 102 Å². The van der Waals surface area contributed by atoms with Crippen molar-refractivity contribution in [2.45, 2.75) is 185 Å². The summed E-state index contributed by atoms with van der Waals surface area (Å²) < 4.78 is 56.6. The number of aromatic nitrogens is 2. The number of nitrogen functional groups attached to an aromatic ring is 1. The molecule has 1 aromatic rings. The van der Waals surface area contributed by atoms with Crippen LogP contribution in [0.2, 0.25) is 0 Å². The number of unbranched alkanes of at least 4 members (excludes halogenated alkanes) is 7. The van der Waals surface area contributed by atoms with Crippen LogP contribution in [0.3, 0.4) is 0 Å². The number of aliphatic hydroxyl groups is 4. The van der Waals surface area contributed by atoms with Gasteiger partial charge in [0.2, 0.25) is 0 Å². The van der Waals surface area contributed by atoms with E-state index >= 15 is 0 Å². The summed E-state index contributed by atoms with van der Waals surface area (Å²) in [6.45, 7) is 1.75. The Kier molecular flexibility index (Phi) is 35.0. The van der Waals surface area contributed by atoms with Crippen LogP contribution < -0.4 is 11.4 Å². The van der Waals surface area contributed by atoms with Crippen molar-refractivity contribution in [2.24, 2.45) is 0 Å². The second-order valence-electron chi connectivity index (χ2n) is 17.6. The van der Waals surface area contributed by atoms with Gasteiger partial charge >= 0.3 is 33.3 Å². The number of nitrogens with zero attached hydrogens (tertiary/aromatic N) is 2. The van der Waals surface area contributed by atoms with E-state index in [1.54, 1.807) is 0 Å². The number of hydrogen-bond acceptors (Lipinski definition) is 17. The first-order chi connectivity index (χ1) is 35.5.